The Morgan fingerprint density at radius 3 is 2.67 bits per heavy atom. The first kappa shape index (κ1) is 14.7. The van der Waals surface area contributed by atoms with Crippen LogP contribution in [0.25, 0.3) is 0 Å². The van der Waals surface area contributed by atoms with Gasteiger partial charge in [0.05, 0.1) is 13.2 Å². The van der Waals surface area contributed by atoms with Crippen molar-refractivity contribution >= 4 is 0 Å². The summed E-state index contributed by atoms with van der Waals surface area (Å²) in [5.74, 6) is 0.661. The summed E-state index contributed by atoms with van der Waals surface area (Å²) in [5.41, 5.74) is 0.551. The Balaban J connectivity index is 2.76. The van der Waals surface area contributed by atoms with Crippen LogP contribution in [0.4, 0.5) is 8.78 Å². The zero-order valence-electron chi connectivity index (χ0n) is 10.3. The highest BCUT2D eigenvalue weighted by Crippen LogP contribution is 2.25. The maximum Gasteiger partial charge on any atom is 0.387 e. The van der Waals surface area contributed by atoms with Crippen LogP contribution < -0.4 is 14.8 Å². The second-order valence-corrected chi connectivity index (χ2v) is 3.83. The van der Waals surface area contributed by atoms with Crippen molar-refractivity contribution in [2.75, 3.05) is 13.7 Å². The van der Waals surface area contributed by atoms with Gasteiger partial charge >= 0.3 is 6.61 Å². The van der Waals surface area contributed by atoms with Crippen LogP contribution >= 0.6 is 0 Å². The molecule has 0 aromatic heterocycles. The lowest BCUT2D eigenvalue weighted by atomic mass is 10.2. The number of methoxy groups -OCH3 is 1. The third-order valence-electron chi connectivity index (χ3n) is 2.24. The minimum Gasteiger partial charge on any atom is -0.497 e. The number of halogens is 2. The van der Waals surface area contributed by atoms with Crippen molar-refractivity contribution in [3.8, 4) is 11.5 Å². The molecule has 1 aromatic carbocycles. The molecule has 1 atom stereocenters. The first-order valence-corrected chi connectivity index (χ1v) is 5.53. The zero-order valence-corrected chi connectivity index (χ0v) is 10.3. The third kappa shape index (κ3) is 4.85. The molecule has 0 saturated carbocycles. The lowest BCUT2D eigenvalue weighted by Crippen LogP contribution is -2.24. The number of alkyl halides is 2. The van der Waals surface area contributed by atoms with Gasteiger partial charge in [-0.25, -0.2) is 0 Å². The van der Waals surface area contributed by atoms with E-state index in [2.05, 4.69) is 10.1 Å². The van der Waals surface area contributed by atoms with Crippen LogP contribution in [0.2, 0.25) is 0 Å². The molecule has 0 aliphatic carbocycles. The molecule has 2 N–H and O–H groups in total. The summed E-state index contributed by atoms with van der Waals surface area (Å²) in [5, 5.41) is 12.0. The molecule has 0 aliphatic heterocycles. The predicted molar refractivity (Wildman–Crippen MR) is 63.0 cm³/mol. The molecule has 4 nitrogen and oxygen atoms in total. The molecule has 0 bridgehead atoms. The molecule has 0 radical (unpaired) electrons. The van der Waals surface area contributed by atoms with Gasteiger partial charge in [0.2, 0.25) is 0 Å². The maximum atomic E-state index is 12.2. The quantitative estimate of drug-likeness (QED) is 0.785. The first-order valence-electron chi connectivity index (χ1n) is 5.53. The van der Waals surface area contributed by atoms with Gasteiger partial charge in [0.25, 0.3) is 0 Å². The molecule has 1 unspecified atom stereocenters. The fourth-order valence-corrected chi connectivity index (χ4v) is 1.45. The second-order valence-electron chi connectivity index (χ2n) is 3.83. The minimum atomic E-state index is -2.87. The van der Waals surface area contributed by atoms with Crippen molar-refractivity contribution in [3.63, 3.8) is 0 Å². The van der Waals surface area contributed by atoms with E-state index in [0.29, 0.717) is 24.4 Å². The van der Waals surface area contributed by atoms with Crippen LogP contribution in [-0.2, 0) is 6.54 Å². The third-order valence-corrected chi connectivity index (χ3v) is 2.24. The van der Waals surface area contributed by atoms with Crippen LogP contribution in [0.15, 0.2) is 18.2 Å². The molecule has 0 saturated heterocycles. The molecular formula is C12H17F2NO3. The Labute approximate surface area is 105 Å². The SMILES string of the molecule is COc1ccc(OC(F)F)c(CNCC(C)O)c1. The number of hydrogen-bond donors (Lipinski definition) is 2. The van der Waals surface area contributed by atoms with E-state index in [4.69, 9.17) is 9.84 Å². The van der Waals surface area contributed by atoms with Gasteiger partial charge in [0, 0.05) is 18.7 Å². The van der Waals surface area contributed by atoms with Gasteiger partial charge in [0.15, 0.2) is 0 Å². The minimum absolute atomic E-state index is 0.101. The summed E-state index contributed by atoms with van der Waals surface area (Å²) in [4.78, 5) is 0. The maximum absolute atomic E-state index is 12.2. The first-order chi connectivity index (χ1) is 8.52. The van der Waals surface area contributed by atoms with Gasteiger partial charge in [0.1, 0.15) is 11.5 Å². The van der Waals surface area contributed by atoms with E-state index in [9.17, 15) is 8.78 Å². The molecule has 0 aliphatic rings. The van der Waals surface area contributed by atoms with Crippen LogP contribution in [0, 0.1) is 0 Å². The highest BCUT2D eigenvalue weighted by atomic mass is 19.3. The fraction of sp³-hybridized carbons (Fsp3) is 0.500. The van der Waals surface area contributed by atoms with E-state index in [0.717, 1.165) is 0 Å². The highest BCUT2D eigenvalue weighted by Gasteiger charge is 2.10. The van der Waals surface area contributed by atoms with Crippen molar-refractivity contribution in [1.82, 2.24) is 5.32 Å². The molecule has 1 aromatic rings. The lowest BCUT2D eigenvalue weighted by molar-refractivity contribution is -0.0505. The van der Waals surface area contributed by atoms with Crippen molar-refractivity contribution in [2.24, 2.45) is 0 Å². The molecular weight excluding hydrogens is 244 g/mol. The monoisotopic (exact) mass is 261 g/mol. The molecule has 18 heavy (non-hydrogen) atoms. The fourth-order valence-electron chi connectivity index (χ4n) is 1.45. The molecule has 0 heterocycles. The van der Waals surface area contributed by atoms with Crippen molar-refractivity contribution in [1.29, 1.82) is 0 Å². The van der Waals surface area contributed by atoms with Gasteiger partial charge < -0.3 is 19.9 Å². The van der Waals surface area contributed by atoms with E-state index in [1.165, 1.54) is 13.2 Å². The summed E-state index contributed by atoms with van der Waals surface area (Å²) < 4.78 is 33.9. The Morgan fingerprint density at radius 1 is 1.39 bits per heavy atom. The number of hydrogen-bond acceptors (Lipinski definition) is 4. The number of nitrogens with one attached hydrogen (secondary N) is 1. The zero-order chi connectivity index (χ0) is 13.5. The van der Waals surface area contributed by atoms with Crippen LogP contribution in [-0.4, -0.2) is 31.5 Å². The molecule has 1 rings (SSSR count). The molecule has 6 heteroatoms. The largest absolute Gasteiger partial charge is 0.497 e. The van der Waals surface area contributed by atoms with Gasteiger partial charge in [-0.05, 0) is 25.1 Å². The standard InChI is InChI=1S/C12H17F2NO3/c1-8(16)6-15-7-9-5-10(17-2)3-4-11(9)18-12(13)14/h3-5,8,12,15-16H,6-7H2,1-2H3. The number of ether oxygens (including phenoxy) is 2. The summed E-state index contributed by atoms with van der Waals surface area (Å²) in [6, 6.07) is 4.60. The normalized spacial score (nSPS) is 12.6. The van der Waals surface area contributed by atoms with Crippen LogP contribution in [0.3, 0.4) is 0 Å². The van der Waals surface area contributed by atoms with E-state index < -0.39 is 12.7 Å². The number of aliphatic hydroxyl groups excluding tert-OH is 1. The van der Waals surface area contributed by atoms with E-state index >= 15 is 0 Å². The van der Waals surface area contributed by atoms with Crippen molar-refractivity contribution in [3.05, 3.63) is 23.8 Å². The Morgan fingerprint density at radius 2 is 2.11 bits per heavy atom. The summed E-state index contributed by atoms with van der Waals surface area (Å²) >= 11 is 0. The summed E-state index contributed by atoms with van der Waals surface area (Å²) in [6.45, 7) is -0.557. The van der Waals surface area contributed by atoms with Gasteiger partial charge in [-0.1, -0.05) is 0 Å². The van der Waals surface area contributed by atoms with E-state index in [1.54, 1.807) is 19.1 Å². The van der Waals surface area contributed by atoms with Crippen molar-refractivity contribution < 1.29 is 23.4 Å². The molecule has 0 amide bonds. The van der Waals surface area contributed by atoms with E-state index in [1.807, 2.05) is 0 Å². The summed E-state index contributed by atoms with van der Waals surface area (Å²) in [6.07, 6.45) is -0.505. The van der Waals surface area contributed by atoms with Gasteiger partial charge in [-0.3, -0.25) is 0 Å². The van der Waals surface area contributed by atoms with Crippen molar-refractivity contribution in [2.45, 2.75) is 26.2 Å². The van der Waals surface area contributed by atoms with E-state index in [-0.39, 0.29) is 5.75 Å². The molecule has 102 valence electrons. The Hall–Kier alpha value is -1.40. The predicted octanol–water partition coefficient (Wildman–Crippen LogP) is 1.77. The second kappa shape index (κ2) is 7.13. The van der Waals surface area contributed by atoms with Crippen LogP contribution in [0.1, 0.15) is 12.5 Å². The Bertz CT molecular complexity index is 372. The van der Waals surface area contributed by atoms with Crippen LogP contribution in [0.5, 0.6) is 11.5 Å². The van der Waals surface area contributed by atoms with Gasteiger partial charge in [-0.2, -0.15) is 8.78 Å². The lowest BCUT2D eigenvalue weighted by Gasteiger charge is -2.13. The number of benzene rings is 1. The number of aliphatic hydroxyl groups is 1. The number of rotatable bonds is 7. The average molecular weight is 261 g/mol. The smallest absolute Gasteiger partial charge is 0.387 e. The average Bonchev–Trinajstić information content (AvgIpc) is 2.30. The molecule has 0 spiro atoms. The summed E-state index contributed by atoms with van der Waals surface area (Å²) in [7, 11) is 1.50. The van der Waals surface area contributed by atoms with Gasteiger partial charge in [-0.15, -0.1) is 0 Å². The Kier molecular flexibility index (Phi) is 5.80. The molecule has 0 fully saturated rings. The topological polar surface area (TPSA) is 50.7 Å². The highest BCUT2D eigenvalue weighted by molar-refractivity contribution is 5.40.